The Labute approximate surface area is 252 Å². The lowest BCUT2D eigenvalue weighted by molar-refractivity contribution is -0.115. The van der Waals surface area contributed by atoms with Crippen LogP contribution in [0.25, 0.3) is 22.2 Å². The van der Waals surface area contributed by atoms with E-state index in [1.54, 1.807) is 18.6 Å². The SMILES string of the molecule is [CH2]CCN(CC[CH2])c1cc(=O)c2ncc(-c3cncc(NC4N=CC5=C(N4)C(C4CCCC4)C(C(=O)CC)=C5)c3)cc2o1. The summed E-state index contributed by atoms with van der Waals surface area (Å²) in [5.74, 6) is 1.29. The predicted molar refractivity (Wildman–Crippen MR) is 171 cm³/mol. The van der Waals surface area contributed by atoms with Crippen LogP contribution in [0.1, 0.15) is 51.9 Å². The van der Waals surface area contributed by atoms with Gasteiger partial charge in [-0.05, 0) is 49.8 Å². The molecule has 43 heavy (non-hydrogen) atoms. The lowest BCUT2D eigenvalue weighted by atomic mass is 9.82. The number of ketones is 1. The molecule has 2 unspecified atom stereocenters. The first-order chi connectivity index (χ1) is 21.0. The minimum atomic E-state index is -0.397. The van der Waals surface area contributed by atoms with Crippen LogP contribution in [-0.2, 0) is 4.79 Å². The van der Waals surface area contributed by atoms with Crippen molar-refractivity contribution >= 4 is 34.7 Å². The highest BCUT2D eigenvalue weighted by atomic mass is 16.4. The van der Waals surface area contributed by atoms with Crippen LogP contribution in [-0.4, -0.2) is 41.3 Å². The minimum absolute atomic E-state index is 0.104. The molecular formula is C34H38N6O3. The summed E-state index contributed by atoms with van der Waals surface area (Å²) in [4.78, 5) is 41.3. The fourth-order valence-electron chi connectivity index (χ4n) is 6.49. The van der Waals surface area contributed by atoms with Crippen LogP contribution in [0.3, 0.4) is 0 Å². The summed E-state index contributed by atoms with van der Waals surface area (Å²) in [5.41, 5.74) is 5.90. The molecule has 6 rings (SSSR count). The number of aliphatic imine (C=N–C) groups is 1. The molecule has 0 amide bonds. The third kappa shape index (κ3) is 5.85. The lowest BCUT2D eigenvalue weighted by Crippen LogP contribution is -2.40. The number of allylic oxidation sites excluding steroid dienone is 3. The van der Waals surface area contributed by atoms with Gasteiger partial charge in [0.25, 0.3) is 0 Å². The van der Waals surface area contributed by atoms with Crippen LogP contribution in [0.5, 0.6) is 0 Å². The number of Topliss-reactive ketones (excluding diaryl/α,β-unsaturated/α-hetero) is 1. The number of carbonyl (C=O) groups is 1. The Morgan fingerprint density at radius 2 is 1.86 bits per heavy atom. The quantitative estimate of drug-likeness (QED) is 0.291. The summed E-state index contributed by atoms with van der Waals surface area (Å²) in [7, 11) is 0. The number of nitrogens with zero attached hydrogens (tertiary/aromatic N) is 4. The molecule has 2 radical (unpaired) electrons. The van der Waals surface area contributed by atoms with Crippen molar-refractivity contribution in [1.82, 2.24) is 15.3 Å². The second kappa shape index (κ2) is 12.5. The van der Waals surface area contributed by atoms with Crippen molar-refractivity contribution in [2.24, 2.45) is 16.8 Å². The third-order valence-corrected chi connectivity index (χ3v) is 8.54. The van der Waals surface area contributed by atoms with Gasteiger partial charge in [0.15, 0.2) is 29.1 Å². The van der Waals surface area contributed by atoms with Crippen LogP contribution in [0.2, 0.25) is 0 Å². The van der Waals surface area contributed by atoms with Crippen LogP contribution >= 0.6 is 0 Å². The zero-order valence-electron chi connectivity index (χ0n) is 24.6. The van der Waals surface area contributed by atoms with Crippen molar-refractivity contribution in [3.63, 3.8) is 0 Å². The van der Waals surface area contributed by atoms with Crippen molar-refractivity contribution < 1.29 is 9.21 Å². The Hall–Kier alpha value is -4.27. The summed E-state index contributed by atoms with van der Waals surface area (Å²) in [6.45, 7) is 11.1. The van der Waals surface area contributed by atoms with Gasteiger partial charge in [-0.2, -0.15) is 0 Å². The molecule has 1 saturated carbocycles. The predicted octanol–water partition coefficient (Wildman–Crippen LogP) is 5.85. The Bertz CT molecular complexity index is 1660. The first kappa shape index (κ1) is 28.8. The molecule has 0 saturated heterocycles. The molecule has 9 heteroatoms. The first-order valence-electron chi connectivity index (χ1n) is 15.3. The van der Waals surface area contributed by atoms with E-state index in [4.69, 9.17) is 9.41 Å². The second-order valence-electron chi connectivity index (χ2n) is 11.4. The normalized spacial score (nSPS) is 19.8. The third-order valence-electron chi connectivity index (χ3n) is 8.54. The molecule has 3 aliphatic rings. The Morgan fingerprint density at radius 3 is 2.60 bits per heavy atom. The van der Waals surface area contributed by atoms with E-state index >= 15 is 0 Å². The first-order valence-corrected chi connectivity index (χ1v) is 15.3. The Balaban J connectivity index is 1.22. The van der Waals surface area contributed by atoms with Crippen LogP contribution in [0.15, 0.2) is 73.9 Å². The molecule has 9 nitrogen and oxygen atoms in total. The highest BCUT2D eigenvalue weighted by Crippen LogP contribution is 2.44. The van der Waals surface area contributed by atoms with E-state index < -0.39 is 6.29 Å². The van der Waals surface area contributed by atoms with Crippen molar-refractivity contribution in [2.75, 3.05) is 23.3 Å². The Morgan fingerprint density at radius 1 is 1.09 bits per heavy atom. The average molecular weight is 579 g/mol. The molecule has 2 atom stereocenters. The molecule has 4 heterocycles. The molecule has 1 fully saturated rings. The maximum atomic E-state index is 12.9. The fraction of sp³-hybridized carbons (Fsp3) is 0.382. The number of aromatic nitrogens is 2. The van der Waals surface area contributed by atoms with E-state index in [0.29, 0.717) is 49.7 Å². The van der Waals surface area contributed by atoms with Gasteiger partial charge >= 0.3 is 0 Å². The number of pyridine rings is 2. The molecule has 222 valence electrons. The molecule has 0 spiro atoms. The molecule has 1 aliphatic heterocycles. The van der Waals surface area contributed by atoms with Gasteiger partial charge < -0.3 is 20.0 Å². The number of anilines is 2. The molecule has 0 aromatic carbocycles. The number of fused-ring (bicyclic) bond motifs is 1. The topological polar surface area (TPSA) is 113 Å². The van der Waals surface area contributed by atoms with Crippen LogP contribution in [0, 0.1) is 25.7 Å². The van der Waals surface area contributed by atoms with Gasteiger partial charge in [0.2, 0.25) is 5.43 Å². The maximum Gasteiger partial charge on any atom is 0.213 e. The number of carbonyl (C=O) groups excluding carboxylic acids is 1. The van der Waals surface area contributed by atoms with E-state index in [0.717, 1.165) is 46.5 Å². The molecule has 2 N–H and O–H groups in total. The summed E-state index contributed by atoms with van der Waals surface area (Å²) in [5, 5.41) is 7.03. The van der Waals surface area contributed by atoms with Crippen LogP contribution < -0.4 is 21.0 Å². The maximum absolute atomic E-state index is 12.9. The van der Waals surface area contributed by atoms with Gasteiger partial charge in [-0.15, -0.1) is 0 Å². The van der Waals surface area contributed by atoms with Gasteiger partial charge in [-0.1, -0.05) is 33.6 Å². The Kier molecular flexibility index (Phi) is 8.40. The van der Waals surface area contributed by atoms with Gasteiger partial charge in [0, 0.05) is 78.1 Å². The number of hydrogen-bond acceptors (Lipinski definition) is 9. The summed E-state index contributed by atoms with van der Waals surface area (Å²) < 4.78 is 6.16. The molecule has 3 aromatic heterocycles. The number of hydrogen-bond donors (Lipinski definition) is 2. The highest BCUT2D eigenvalue weighted by molar-refractivity contribution is 6.01. The van der Waals surface area contributed by atoms with Crippen molar-refractivity contribution in [2.45, 2.75) is 58.2 Å². The standard InChI is InChI=1S/C34H38N6O3/c1-4-11-40(12-5-2)30-16-28(42)33-29(43-30)15-23(18-36-33)22-13-25(20-35-17-22)38-34-37-19-24-14-26(27(41)6-3)31(32(24)39-34)21-9-7-8-10-21/h13-21,31,34,38-39H,1-2,4-12H2,3H3. The molecule has 2 aliphatic carbocycles. The van der Waals surface area contributed by atoms with E-state index in [1.807, 2.05) is 36.2 Å². The lowest BCUT2D eigenvalue weighted by Gasteiger charge is -2.30. The minimum Gasteiger partial charge on any atom is -0.439 e. The van der Waals surface area contributed by atoms with Crippen LogP contribution in [0.4, 0.5) is 11.6 Å². The van der Waals surface area contributed by atoms with Crippen molar-refractivity contribution in [1.29, 1.82) is 0 Å². The van der Waals surface area contributed by atoms with Crippen molar-refractivity contribution in [3.8, 4) is 11.1 Å². The fourth-order valence-corrected chi connectivity index (χ4v) is 6.49. The van der Waals surface area contributed by atoms with E-state index in [9.17, 15) is 9.59 Å². The smallest absolute Gasteiger partial charge is 0.213 e. The zero-order chi connectivity index (χ0) is 29.9. The van der Waals surface area contributed by atoms with Gasteiger partial charge in [-0.25, -0.2) is 9.98 Å². The van der Waals surface area contributed by atoms with Gasteiger partial charge in [0.05, 0.1) is 11.9 Å². The van der Waals surface area contributed by atoms with Gasteiger partial charge in [-0.3, -0.25) is 14.6 Å². The summed E-state index contributed by atoms with van der Waals surface area (Å²) in [6, 6.07) is 5.30. The number of rotatable bonds is 11. The highest BCUT2D eigenvalue weighted by Gasteiger charge is 2.39. The summed E-state index contributed by atoms with van der Waals surface area (Å²) in [6.07, 6.45) is 15.3. The molecular weight excluding hydrogens is 540 g/mol. The average Bonchev–Trinajstić information content (AvgIpc) is 3.68. The van der Waals surface area contributed by atoms with E-state index in [1.165, 1.54) is 18.9 Å². The van der Waals surface area contributed by atoms with Gasteiger partial charge in [0.1, 0.15) is 0 Å². The monoisotopic (exact) mass is 578 g/mol. The largest absolute Gasteiger partial charge is 0.439 e. The van der Waals surface area contributed by atoms with E-state index in [2.05, 4.69) is 34.4 Å². The molecule has 0 bridgehead atoms. The zero-order valence-corrected chi connectivity index (χ0v) is 24.6. The second-order valence-corrected chi connectivity index (χ2v) is 11.4. The van der Waals surface area contributed by atoms with E-state index in [-0.39, 0.29) is 22.6 Å². The van der Waals surface area contributed by atoms with Crippen molar-refractivity contribution in [3.05, 3.63) is 83.8 Å². The number of nitrogens with one attached hydrogen (secondary N) is 2. The summed E-state index contributed by atoms with van der Waals surface area (Å²) >= 11 is 0. The molecule has 3 aromatic rings.